The fraction of sp³-hybridized carbons (Fsp3) is 0.217. The Morgan fingerprint density at radius 3 is 2.59 bits per heavy atom. The van der Waals surface area contributed by atoms with Crippen LogP contribution in [0.5, 0.6) is 17.2 Å². The number of nitrogens with zero attached hydrogens (tertiary/aromatic N) is 2. The van der Waals surface area contributed by atoms with Crippen LogP contribution in [0.2, 0.25) is 0 Å². The number of hydrogen-bond donors (Lipinski definition) is 0. The van der Waals surface area contributed by atoms with Crippen molar-refractivity contribution in [2.75, 3.05) is 6.61 Å². The van der Waals surface area contributed by atoms with Crippen molar-refractivity contribution in [3.63, 3.8) is 0 Å². The Bertz CT molecular complexity index is 1000. The molecule has 0 atom stereocenters. The molecule has 0 amide bonds. The number of rotatable bonds is 3. The van der Waals surface area contributed by atoms with Crippen molar-refractivity contribution in [3.05, 3.63) is 72.7 Å². The Balaban J connectivity index is 1.67. The van der Waals surface area contributed by atoms with Gasteiger partial charge in [0, 0.05) is 29.1 Å². The summed E-state index contributed by atoms with van der Waals surface area (Å²) in [4.78, 5) is 8.68. The normalized spacial score (nSPS) is 12.8. The second-order valence-corrected chi connectivity index (χ2v) is 7.90. The third-order valence-corrected chi connectivity index (χ3v) is 4.32. The molecule has 3 aromatic rings. The van der Waals surface area contributed by atoms with Gasteiger partial charge in [0.1, 0.15) is 11.5 Å². The molecule has 2 aromatic heterocycles. The molecule has 0 saturated carbocycles. The summed E-state index contributed by atoms with van der Waals surface area (Å²) in [5.41, 5.74) is 4.68. The van der Waals surface area contributed by atoms with Gasteiger partial charge < -0.3 is 9.47 Å². The maximum atomic E-state index is 6.04. The van der Waals surface area contributed by atoms with Gasteiger partial charge in [-0.2, -0.15) is 0 Å². The van der Waals surface area contributed by atoms with Crippen LogP contribution in [-0.4, -0.2) is 16.6 Å². The van der Waals surface area contributed by atoms with E-state index in [4.69, 9.17) is 9.47 Å². The van der Waals surface area contributed by atoms with E-state index in [1.54, 1.807) is 18.6 Å². The first-order valence-corrected chi connectivity index (χ1v) is 8.95. The van der Waals surface area contributed by atoms with Crippen LogP contribution in [0.25, 0.3) is 16.8 Å². The molecule has 0 spiro atoms. The molecule has 4 rings (SSSR count). The average Bonchev–Trinajstić information content (AvgIpc) is 2.67. The first kappa shape index (κ1) is 17.3. The highest BCUT2D eigenvalue weighted by molar-refractivity contribution is 5.88. The lowest BCUT2D eigenvalue weighted by atomic mass is 9.95. The Morgan fingerprint density at radius 2 is 1.85 bits per heavy atom. The summed E-state index contributed by atoms with van der Waals surface area (Å²) in [6.07, 6.45) is 5.29. The molecule has 0 N–H and O–H groups in total. The summed E-state index contributed by atoms with van der Waals surface area (Å²) >= 11 is 0. The van der Waals surface area contributed by atoms with Gasteiger partial charge in [-0.15, -0.1) is 0 Å². The second kappa shape index (κ2) is 6.54. The molecule has 3 heterocycles. The van der Waals surface area contributed by atoms with Crippen molar-refractivity contribution in [1.82, 2.24) is 9.97 Å². The summed E-state index contributed by atoms with van der Waals surface area (Å²) in [7, 11) is 0. The zero-order valence-corrected chi connectivity index (χ0v) is 15.8. The predicted octanol–water partition coefficient (Wildman–Crippen LogP) is 5.74. The number of fused-ring (bicyclic) bond motifs is 2. The number of ether oxygens (including phenoxy) is 2. The lowest BCUT2D eigenvalue weighted by Crippen LogP contribution is -2.17. The van der Waals surface area contributed by atoms with Crippen LogP contribution in [0.3, 0.4) is 0 Å². The van der Waals surface area contributed by atoms with Crippen LogP contribution < -0.4 is 9.47 Å². The van der Waals surface area contributed by atoms with Gasteiger partial charge in [0.05, 0.1) is 18.5 Å². The largest absolute Gasteiger partial charge is 0.493 e. The highest BCUT2D eigenvalue weighted by Crippen LogP contribution is 2.44. The first-order valence-electron chi connectivity index (χ1n) is 8.95. The van der Waals surface area contributed by atoms with Crippen LogP contribution in [-0.2, 0) is 0 Å². The van der Waals surface area contributed by atoms with E-state index in [9.17, 15) is 0 Å². The van der Waals surface area contributed by atoms with Crippen molar-refractivity contribution in [3.8, 4) is 28.5 Å². The van der Waals surface area contributed by atoms with E-state index >= 15 is 0 Å². The molecule has 0 bridgehead atoms. The van der Waals surface area contributed by atoms with E-state index in [-0.39, 0.29) is 5.41 Å². The zero-order valence-electron chi connectivity index (χ0n) is 15.8. The van der Waals surface area contributed by atoms with Gasteiger partial charge in [0.25, 0.3) is 0 Å². The smallest absolute Gasteiger partial charge is 0.153 e. The Morgan fingerprint density at radius 1 is 1.04 bits per heavy atom. The van der Waals surface area contributed by atoms with E-state index in [0.29, 0.717) is 12.4 Å². The topological polar surface area (TPSA) is 44.2 Å². The summed E-state index contributed by atoms with van der Waals surface area (Å²) in [6.45, 7) is 11.4. The number of benzene rings is 1. The molecule has 0 aliphatic carbocycles. The third-order valence-electron chi connectivity index (χ3n) is 4.32. The van der Waals surface area contributed by atoms with Crippen LogP contribution in [0.1, 0.15) is 31.9 Å². The zero-order chi connectivity index (χ0) is 19.0. The van der Waals surface area contributed by atoms with Gasteiger partial charge >= 0.3 is 0 Å². The SMILES string of the molecule is C=C1c2cc(OCC(C)(C)C)ccc2Oc2cnc(-c3cccnc3)cc21. The fourth-order valence-electron chi connectivity index (χ4n) is 2.92. The average molecular weight is 358 g/mol. The molecule has 4 nitrogen and oxygen atoms in total. The van der Waals surface area contributed by atoms with Gasteiger partial charge in [-0.05, 0) is 47.4 Å². The van der Waals surface area contributed by atoms with Gasteiger partial charge in [-0.1, -0.05) is 27.4 Å². The molecule has 136 valence electrons. The molecule has 0 unspecified atom stereocenters. The summed E-state index contributed by atoms with van der Waals surface area (Å²) in [6, 6.07) is 11.7. The monoisotopic (exact) mass is 358 g/mol. The van der Waals surface area contributed by atoms with Crippen LogP contribution in [0.15, 0.2) is 61.6 Å². The van der Waals surface area contributed by atoms with E-state index in [0.717, 1.165) is 39.5 Å². The fourth-order valence-corrected chi connectivity index (χ4v) is 2.92. The minimum absolute atomic E-state index is 0.0975. The van der Waals surface area contributed by atoms with E-state index in [2.05, 4.69) is 37.3 Å². The molecule has 1 aromatic carbocycles. The van der Waals surface area contributed by atoms with Crippen molar-refractivity contribution in [2.45, 2.75) is 20.8 Å². The molecular weight excluding hydrogens is 336 g/mol. The van der Waals surface area contributed by atoms with Crippen LogP contribution in [0, 0.1) is 5.41 Å². The van der Waals surface area contributed by atoms with Crippen molar-refractivity contribution < 1.29 is 9.47 Å². The number of aromatic nitrogens is 2. The second-order valence-electron chi connectivity index (χ2n) is 7.90. The number of hydrogen-bond acceptors (Lipinski definition) is 4. The van der Waals surface area contributed by atoms with Gasteiger partial charge in [-0.25, -0.2) is 0 Å². The summed E-state index contributed by atoms with van der Waals surface area (Å²) in [5.74, 6) is 2.30. The van der Waals surface area contributed by atoms with Crippen molar-refractivity contribution in [2.24, 2.45) is 5.41 Å². The van der Waals surface area contributed by atoms with Crippen molar-refractivity contribution >= 4 is 5.57 Å². The predicted molar refractivity (Wildman–Crippen MR) is 107 cm³/mol. The lowest BCUT2D eigenvalue weighted by molar-refractivity contribution is 0.197. The maximum absolute atomic E-state index is 6.04. The summed E-state index contributed by atoms with van der Waals surface area (Å²) in [5, 5.41) is 0. The molecule has 27 heavy (non-hydrogen) atoms. The van der Waals surface area contributed by atoms with Gasteiger partial charge in [0.15, 0.2) is 5.75 Å². The summed E-state index contributed by atoms with van der Waals surface area (Å²) < 4.78 is 12.0. The molecule has 4 heteroatoms. The first-order chi connectivity index (χ1) is 12.9. The Kier molecular flexibility index (Phi) is 4.19. The van der Waals surface area contributed by atoms with Gasteiger partial charge in [0.2, 0.25) is 0 Å². The van der Waals surface area contributed by atoms with E-state index in [1.165, 1.54) is 0 Å². The van der Waals surface area contributed by atoms with Gasteiger partial charge in [-0.3, -0.25) is 9.97 Å². The third kappa shape index (κ3) is 3.56. The quantitative estimate of drug-likeness (QED) is 0.469. The van der Waals surface area contributed by atoms with E-state index < -0.39 is 0 Å². The van der Waals surface area contributed by atoms with Crippen LogP contribution in [0.4, 0.5) is 0 Å². The molecule has 0 radical (unpaired) electrons. The number of pyridine rings is 2. The lowest BCUT2D eigenvalue weighted by Gasteiger charge is -2.24. The molecule has 1 aliphatic heterocycles. The van der Waals surface area contributed by atoms with Crippen LogP contribution >= 0.6 is 0 Å². The molecule has 0 saturated heterocycles. The minimum atomic E-state index is 0.0975. The maximum Gasteiger partial charge on any atom is 0.153 e. The van der Waals surface area contributed by atoms with E-state index in [1.807, 2.05) is 36.4 Å². The molecule has 1 aliphatic rings. The molecule has 0 fully saturated rings. The Hall–Kier alpha value is -3.14. The highest BCUT2D eigenvalue weighted by atomic mass is 16.5. The molecular formula is C23H22N2O2. The standard InChI is InChI=1S/C23H22N2O2/c1-15-18-10-17(26-14-23(2,3)4)7-8-21(18)27-22-13-25-20(11-19(15)22)16-6-5-9-24-12-16/h5-13H,1,14H2,2-4H3. The highest BCUT2D eigenvalue weighted by Gasteiger charge is 2.23. The van der Waals surface area contributed by atoms with Crippen molar-refractivity contribution in [1.29, 1.82) is 0 Å². The Labute approximate surface area is 159 Å². The minimum Gasteiger partial charge on any atom is -0.493 e.